The molecule has 0 fully saturated rings. The molecule has 0 aromatic heterocycles. The Labute approximate surface area is 150 Å². The second-order valence-corrected chi connectivity index (χ2v) is 5.50. The third kappa shape index (κ3) is 4.29. The predicted molar refractivity (Wildman–Crippen MR) is 96.3 cm³/mol. The van der Waals surface area contributed by atoms with Crippen LogP contribution in [0.25, 0.3) is 6.08 Å². The van der Waals surface area contributed by atoms with E-state index in [1.807, 2.05) is 13.0 Å². The van der Waals surface area contributed by atoms with E-state index < -0.39 is 5.91 Å². The van der Waals surface area contributed by atoms with Gasteiger partial charge in [0.05, 0.1) is 12.3 Å². The zero-order chi connectivity index (χ0) is 17.5. The minimum absolute atomic E-state index is 0.115. The summed E-state index contributed by atoms with van der Waals surface area (Å²) in [7, 11) is 0. The van der Waals surface area contributed by atoms with E-state index in [4.69, 9.17) is 27.9 Å². The van der Waals surface area contributed by atoms with Crippen LogP contribution in [-0.4, -0.2) is 12.5 Å². The second kappa shape index (κ2) is 8.39. The van der Waals surface area contributed by atoms with E-state index in [9.17, 15) is 10.1 Å². The number of hydrogen-bond donors (Lipinski definition) is 1. The number of nitriles is 1. The van der Waals surface area contributed by atoms with Gasteiger partial charge in [0.1, 0.15) is 17.4 Å². The number of para-hydroxylation sites is 2. The van der Waals surface area contributed by atoms with E-state index in [1.54, 1.807) is 42.5 Å². The molecule has 6 heteroatoms. The number of benzene rings is 2. The van der Waals surface area contributed by atoms with E-state index in [1.165, 1.54) is 6.08 Å². The van der Waals surface area contributed by atoms with Crippen molar-refractivity contribution < 1.29 is 9.53 Å². The lowest BCUT2D eigenvalue weighted by molar-refractivity contribution is -0.112. The third-order valence-electron chi connectivity index (χ3n) is 3.09. The average Bonchev–Trinajstić information content (AvgIpc) is 2.56. The average molecular weight is 361 g/mol. The van der Waals surface area contributed by atoms with E-state index in [0.717, 1.165) is 0 Å². The molecule has 2 aromatic rings. The Kier molecular flexibility index (Phi) is 6.25. The Bertz CT molecular complexity index is 806. The molecule has 4 nitrogen and oxygen atoms in total. The molecule has 0 aliphatic rings. The van der Waals surface area contributed by atoms with Crippen LogP contribution < -0.4 is 10.1 Å². The van der Waals surface area contributed by atoms with Crippen LogP contribution >= 0.6 is 23.2 Å². The fourth-order valence-electron chi connectivity index (χ4n) is 1.98. The zero-order valence-electron chi connectivity index (χ0n) is 12.8. The lowest BCUT2D eigenvalue weighted by Crippen LogP contribution is -2.14. The second-order valence-electron chi connectivity index (χ2n) is 4.69. The number of ether oxygens (including phenoxy) is 1. The standard InChI is InChI=1S/C18H14Cl2N2O2/c1-2-24-17-9-4-3-8-16(17)22-18(23)12(11-21)10-13-14(19)6-5-7-15(13)20/h3-10H,2H2,1H3,(H,22,23)/b12-10+. The van der Waals surface area contributed by atoms with E-state index in [2.05, 4.69) is 5.32 Å². The monoisotopic (exact) mass is 360 g/mol. The van der Waals surface area contributed by atoms with Gasteiger partial charge in [-0.05, 0) is 37.3 Å². The number of rotatable bonds is 5. The molecule has 2 rings (SSSR count). The fraction of sp³-hybridized carbons (Fsp3) is 0.111. The van der Waals surface area contributed by atoms with Crippen molar-refractivity contribution in [2.45, 2.75) is 6.92 Å². The van der Waals surface area contributed by atoms with E-state index in [-0.39, 0.29) is 5.57 Å². The van der Waals surface area contributed by atoms with Crippen LogP contribution in [-0.2, 0) is 4.79 Å². The maximum absolute atomic E-state index is 12.4. The fourth-order valence-corrected chi connectivity index (χ4v) is 2.49. The number of amides is 1. The first-order chi connectivity index (χ1) is 11.6. The molecule has 0 saturated carbocycles. The van der Waals surface area contributed by atoms with Gasteiger partial charge in [-0.25, -0.2) is 0 Å². The third-order valence-corrected chi connectivity index (χ3v) is 3.75. The number of carbonyl (C=O) groups is 1. The molecule has 0 aliphatic heterocycles. The van der Waals surface area contributed by atoms with Crippen LogP contribution in [0.3, 0.4) is 0 Å². The number of carbonyl (C=O) groups excluding carboxylic acids is 1. The summed E-state index contributed by atoms with van der Waals surface area (Å²) in [5.41, 5.74) is 0.790. The van der Waals surface area contributed by atoms with Crippen molar-refractivity contribution in [3.63, 3.8) is 0 Å². The largest absolute Gasteiger partial charge is 0.492 e. The highest BCUT2D eigenvalue weighted by atomic mass is 35.5. The molecule has 0 heterocycles. The first kappa shape index (κ1) is 17.9. The molecule has 1 amide bonds. The Hall–Kier alpha value is -2.48. The molecule has 1 N–H and O–H groups in total. The lowest BCUT2D eigenvalue weighted by atomic mass is 10.1. The van der Waals surface area contributed by atoms with Crippen molar-refractivity contribution in [1.29, 1.82) is 5.26 Å². The van der Waals surface area contributed by atoms with Crippen LogP contribution in [0.2, 0.25) is 10.0 Å². The normalized spacial score (nSPS) is 10.8. The quantitative estimate of drug-likeness (QED) is 0.606. The van der Waals surface area contributed by atoms with Gasteiger partial charge in [-0.2, -0.15) is 5.26 Å². The Morgan fingerprint density at radius 3 is 2.50 bits per heavy atom. The molecule has 0 spiro atoms. The van der Waals surface area contributed by atoms with Gasteiger partial charge in [-0.15, -0.1) is 0 Å². The number of nitrogens with zero attached hydrogens (tertiary/aromatic N) is 1. The summed E-state index contributed by atoms with van der Waals surface area (Å²) in [6, 6.07) is 13.8. The summed E-state index contributed by atoms with van der Waals surface area (Å²) >= 11 is 12.1. The zero-order valence-corrected chi connectivity index (χ0v) is 14.4. The highest BCUT2D eigenvalue weighted by Gasteiger charge is 2.14. The molecule has 0 bridgehead atoms. The molecule has 122 valence electrons. The van der Waals surface area contributed by atoms with Crippen LogP contribution in [0.4, 0.5) is 5.69 Å². The molecule has 2 aromatic carbocycles. The molecule has 0 atom stereocenters. The minimum atomic E-state index is -0.569. The molecule has 24 heavy (non-hydrogen) atoms. The highest BCUT2D eigenvalue weighted by molar-refractivity contribution is 6.37. The van der Waals surface area contributed by atoms with Gasteiger partial charge < -0.3 is 10.1 Å². The van der Waals surface area contributed by atoms with E-state index in [0.29, 0.717) is 33.7 Å². The van der Waals surface area contributed by atoms with Gasteiger partial charge in [0, 0.05) is 15.6 Å². The van der Waals surface area contributed by atoms with Crippen LogP contribution in [0.5, 0.6) is 5.75 Å². The van der Waals surface area contributed by atoms with Gasteiger partial charge >= 0.3 is 0 Å². The number of anilines is 1. The Morgan fingerprint density at radius 1 is 1.21 bits per heavy atom. The van der Waals surface area contributed by atoms with Crippen molar-refractivity contribution in [1.82, 2.24) is 0 Å². The maximum atomic E-state index is 12.4. The SMILES string of the molecule is CCOc1ccccc1NC(=O)/C(C#N)=C/c1c(Cl)cccc1Cl. The molecule has 0 aliphatic carbocycles. The lowest BCUT2D eigenvalue weighted by Gasteiger charge is -2.11. The van der Waals surface area contributed by atoms with Crippen LogP contribution in [0.1, 0.15) is 12.5 Å². The predicted octanol–water partition coefficient (Wildman–Crippen LogP) is 4.94. The van der Waals surface area contributed by atoms with Gasteiger partial charge in [0.2, 0.25) is 0 Å². The number of halogens is 2. The van der Waals surface area contributed by atoms with Gasteiger partial charge in [-0.1, -0.05) is 41.4 Å². The minimum Gasteiger partial charge on any atom is -0.492 e. The molecule has 0 saturated heterocycles. The Morgan fingerprint density at radius 2 is 1.88 bits per heavy atom. The summed E-state index contributed by atoms with van der Waals surface area (Å²) < 4.78 is 5.45. The van der Waals surface area contributed by atoms with Crippen molar-refractivity contribution >= 4 is 40.9 Å². The smallest absolute Gasteiger partial charge is 0.266 e. The van der Waals surface area contributed by atoms with Crippen molar-refractivity contribution in [2.24, 2.45) is 0 Å². The van der Waals surface area contributed by atoms with Gasteiger partial charge in [0.15, 0.2) is 0 Å². The van der Waals surface area contributed by atoms with Gasteiger partial charge in [0.25, 0.3) is 5.91 Å². The number of nitrogens with one attached hydrogen (secondary N) is 1. The van der Waals surface area contributed by atoms with Crippen LogP contribution in [0, 0.1) is 11.3 Å². The molecular weight excluding hydrogens is 347 g/mol. The first-order valence-corrected chi connectivity index (χ1v) is 7.91. The van der Waals surface area contributed by atoms with Crippen LogP contribution in [0.15, 0.2) is 48.0 Å². The Balaban J connectivity index is 2.31. The highest BCUT2D eigenvalue weighted by Crippen LogP contribution is 2.28. The molecule has 0 unspecified atom stereocenters. The molecular formula is C18H14Cl2N2O2. The van der Waals surface area contributed by atoms with Crippen molar-refractivity contribution in [3.05, 3.63) is 63.6 Å². The first-order valence-electron chi connectivity index (χ1n) is 7.15. The molecule has 0 radical (unpaired) electrons. The van der Waals surface area contributed by atoms with E-state index >= 15 is 0 Å². The summed E-state index contributed by atoms with van der Waals surface area (Å²) in [5.74, 6) is -0.0398. The summed E-state index contributed by atoms with van der Waals surface area (Å²) in [6.07, 6.45) is 1.36. The summed E-state index contributed by atoms with van der Waals surface area (Å²) in [4.78, 5) is 12.4. The number of hydrogen-bond acceptors (Lipinski definition) is 3. The topological polar surface area (TPSA) is 62.1 Å². The van der Waals surface area contributed by atoms with Gasteiger partial charge in [-0.3, -0.25) is 4.79 Å². The summed E-state index contributed by atoms with van der Waals surface area (Å²) in [6.45, 7) is 2.31. The van der Waals surface area contributed by atoms with Crippen molar-refractivity contribution in [3.8, 4) is 11.8 Å². The maximum Gasteiger partial charge on any atom is 0.266 e. The van der Waals surface area contributed by atoms with Crippen molar-refractivity contribution in [2.75, 3.05) is 11.9 Å². The summed E-state index contributed by atoms with van der Waals surface area (Å²) in [5, 5.41) is 12.7.